The van der Waals surface area contributed by atoms with E-state index in [-0.39, 0.29) is 18.3 Å². The molecule has 0 saturated carbocycles. The van der Waals surface area contributed by atoms with E-state index in [9.17, 15) is 18.0 Å². The molecule has 1 saturated heterocycles. The van der Waals surface area contributed by atoms with Gasteiger partial charge in [-0.3, -0.25) is 9.69 Å². The lowest BCUT2D eigenvalue weighted by molar-refractivity contribution is -0.137. The Kier molecular flexibility index (Phi) is 6.88. The molecule has 10 heteroatoms. The fourth-order valence-corrected chi connectivity index (χ4v) is 3.21. The van der Waals surface area contributed by atoms with Crippen molar-refractivity contribution in [1.82, 2.24) is 20.4 Å². The lowest BCUT2D eigenvalue weighted by atomic mass is 10.0. The Morgan fingerprint density at radius 1 is 1.13 bits per heavy atom. The number of aromatic nitrogens is 2. The minimum atomic E-state index is -4.39. The number of carbonyl (C=O) groups excluding carboxylic acids is 1. The predicted molar refractivity (Wildman–Crippen MR) is 105 cm³/mol. The van der Waals surface area contributed by atoms with E-state index in [1.807, 2.05) is 14.1 Å². The zero-order valence-electron chi connectivity index (χ0n) is 16.8. The fraction of sp³-hybridized carbons (Fsp3) is 0.450. The van der Waals surface area contributed by atoms with Gasteiger partial charge in [0.05, 0.1) is 24.8 Å². The first-order valence-corrected chi connectivity index (χ1v) is 9.54. The molecule has 0 bridgehead atoms. The van der Waals surface area contributed by atoms with Gasteiger partial charge in [-0.15, -0.1) is 10.2 Å². The normalized spacial score (nSPS) is 16.2. The standard InChI is InChI=1S/C20H24F3N5O2/c1-27(2)18-8-7-16(25-26-18)19(29)24-13-17(28-9-11-30-12-10-28)14-3-5-15(6-4-14)20(21,22)23/h3-8,17H,9-13H2,1-2H3,(H,24,29). The highest BCUT2D eigenvalue weighted by molar-refractivity contribution is 5.92. The third-order valence-corrected chi connectivity index (χ3v) is 4.91. The second-order valence-corrected chi connectivity index (χ2v) is 7.17. The van der Waals surface area contributed by atoms with E-state index in [0.29, 0.717) is 37.7 Å². The molecule has 1 amide bonds. The first-order valence-electron chi connectivity index (χ1n) is 9.54. The zero-order chi connectivity index (χ0) is 21.7. The van der Waals surface area contributed by atoms with Gasteiger partial charge >= 0.3 is 6.18 Å². The molecular formula is C20H24F3N5O2. The molecule has 1 aromatic carbocycles. The molecular weight excluding hydrogens is 399 g/mol. The highest BCUT2D eigenvalue weighted by atomic mass is 19.4. The second kappa shape index (κ2) is 9.40. The number of rotatable bonds is 6. The summed E-state index contributed by atoms with van der Waals surface area (Å²) >= 11 is 0. The number of carbonyl (C=O) groups is 1. The largest absolute Gasteiger partial charge is 0.416 e. The van der Waals surface area contributed by atoms with Gasteiger partial charge in [0, 0.05) is 33.7 Å². The third kappa shape index (κ3) is 5.45. The van der Waals surface area contributed by atoms with Crippen LogP contribution < -0.4 is 10.2 Å². The summed E-state index contributed by atoms with van der Waals surface area (Å²) in [6, 6.07) is 8.04. The first kappa shape index (κ1) is 22.0. The molecule has 1 aliphatic rings. The van der Waals surface area contributed by atoms with Crippen molar-refractivity contribution in [3.8, 4) is 0 Å². The van der Waals surface area contributed by atoms with Crippen LogP contribution in [0.4, 0.5) is 19.0 Å². The van der Waals surface area contributed by atoms with E-state index in [1.54, 1.807) is 17.0 Å². The molecule has 30 heavy (non-hydrogen) atoms. The fourth-order valence-electron chi connectivity index (χ4n) is 3.21. The molecule has 2 heterocycles. The summed E-state index contributed by atoms with van der Waals surface area (Å²) in [5.74, 6) is 0.237. The molecule has 1 aliphatic heterocycles. The number of hydrogen-bond acceptors (Lipinski definition) is 6. The predicted octanol–water partition coefficient (Wildman–Crippen LogP) is 2.36. The lowest BCUT2D eigenvalue weighted by Crippen LogP contribution is -2.44. The Morgan fingerprint density at radius 2 is 1.80 bits per heavy atom. The maximum absolute atomic E-state index is 12.9. The summed E-state index contributed by atoms with van der Waals surface area (Å²) in [7, 11) is 3.64. The Morgan fingerprint density at radius 3 is 2.33 bits per heavy atom. The van der Waals surface area contributed by atoms with Gasteiger partial charge in [-0.1, -0.05) is 12.1 Å². The van der Waals surface area contributed by atoms with Crippen molar-refractivity contribution in [2.24, 2.45) is 0 Å². The Balaban J connectivity index is 1.73. The lowest BCUT2D eigenvalue weighted by Gasteiger charge is -2.35. The van der Waals surface area contributed by atoms with Crippen molar-refractivity contribution in [2.45, 2.75) is 12.2 Å². The number of amides is 1. The molecule has 1 unspecified atom stereocenters. The van der Waals surface area contributed by atoms with Crippen molar-refractivity contribution >= 4 is 11.7 Å². The van der Waals surface area contributed by atoms with E-state index in [1.165, 1.54) is 12.1 Å². The van der Waals surface area contributed by atoms with Crippen LogP contribution in [-0.2, 0) is 10.9 Å². The zero-order valence-corrected chi connectivity index (χ0v) is 16.8. The topological polar surface area (TPSA) is 70.6 Å². The van der Waals surface area contributed by atoms with Gasteiger partial charge in [-0.2, -0.15) is 13.2 Å². The van der Waals surface area contributed by atoms with Crippen LogP contribution in [0.25, 0.3) is 0 Å². The molecule has 1 N–H and O–H groups in total. The van der Waals surface area contributed by atoms with Gasteiger partial charge in [-0.25, -0.2) is 0 Å². The molecule has 2 aromatic rings. The summed E-state index contributed by atoms with van der Waals surface area (Å²) < 4.78 is 44.1. The average Bonchev–Trinajstić information content (AvgIpc) is 2.74. The van der Waals surface area contributed by atoms with E-state index in [4.69, 9.17) is 4.74 Å². The van der Waals surface area contributed by atoms with E-state index in [0.717, 1.165) is 12.1 Å². The van der Waals surface area contributed by atoms with E-state index < -0.39 is 17.6 Å². The number of ether oxygens (including phenoxy) is 1. The average molecular weight is 423 g/mol. The quantitative estimate of drug-likeness (QED) is 0.769. The van der Waals surface area contributed by atoms with Crippen molar-refractivity contribution in [3.63, 3.8) is 0 Å². The van der Waals surface area contributed by atoms with Crippen LogP contribution >= 0.6 is 0 Å². The van der Waals surface area contributed by atoms with E-state index >= 15 is 0 Å². The van der Waals surface area contributed by atoms with Crippen LogP contribution in [0.5, 0.6) is 0 Å². The highest BCUT2D eigenvalue weighted by Gasteiger charge is 2.31. The van der Waals surface area contributed by atoms with Crippen LogP contribution in [0.2, 0.25) is 0 Å². The smallest absolute Gasteiger partial charge is 0.379 e. The monoisotopic (exact) mass is 423 g/mol. The maximum Gasteiger partial charge on any atom is 0.416 e. The van der Waals surface area contributed by atoms with Crippen molar-refractivity contribution in [3.05, 3.63) is 53.2 Å². The second-order valence-electron chi connectivity index (χ2n) is 7.17. The molecule has 0 spiro atoms. The van der Waals surface area contributed by atoms with Crippen LogP contribution in [-0.4, -0.2) is 67.9 Å². The van der Waals surface area contributed by atoms with Gasteiger partial charge < -0.3 is 15.0 Å². The number of benzene rings is 1. The van der Waals surface area contributed by atoms with Gasteiger partial charge in [-0.05, 0) is 29.8 Å². The van der Waals surface area contributed by atoms with Gasteiger partial charge in [0.2, 0.25) is 0 Å². The third-order valence-electron chi connectivity index (χ3n) is 4.91. The molecule has 1 fully saturated rings. The summed E-state index contributed by atoms with van der Waals surface area (Å²) in [6.07, 6.45) is -4.39. The Bertz CT molecular complexity index is 835. The molecule has 1 atom stereocenters. The van der Waals surface area contributed by atoms with Gasteiger partial charge in [0.1, 0.15) is 0 Å². The molecule has 1 aromatic heterocycles. The van der Waals surface area contributed by atoms with Crippen molar-refractivity contribution < 1.29 is 22.7 Å². The maximum atomic E-state index is 12.9. The summed E-state index contributed by atoms with van der Waals surface area (Å²) in [5, 5.41) is 10.8. The Labute approximate surface area is 172 Å². The van der Waals surface area contributed by atoms with Crippen LogP contribution in [0.1, 0.15) is 27.7 Å². The van der Waals surface area contributed by atoms with Crippen LogP contribution in [0.15, 0.2) is 36.4 Å². The van der Waals surface area contributed by atoms with E-state index in [2.05, 4.69) is 20.4 Å². The minimum Gasteiger partial charge on any atom is -0.379 e. The highest BCUT2D eigenvalue weighted by Crippen LogP contribution is 2.31. The molecule has 3 rings (SSSR count). The SMILES string of the molecule is CN(C)c1ccc(C(=O)NCC(c2ccc(C(F)(F)F)cc2)N2CCOCC2)nn1. The van der Waals surface area contributed by atoms with Gasteiger partial charge in [0.25, 0.3) is 5.91 Å². The Hall–Kier alpha value is -2.72. The summed E-state index contributed by atoms with van der Waals surface area (Å²) in [5.41, 5.74) is 0.167. The number of nitrogens with zero attached hydrogens (tertiary/aromatic N) is 4. The number of nitrogens with one attached hydrogen (secondary N) is 1. The number of morpholine rings is 1. The summed E-state index contributed by atoms with van der Waals surface area (Å²) in [6.45, 7) is 2.53. The van der Waals surface area contributed by atoms with Crippen LogP contribution in [0, 0.1) is 0 Å². The van der Waals surface area contributed by atoms with Crippen molar-refractivity contribution in [1.29, 1.82) is 0 Å². The molecule has 162 valence electrons. The number of anilines is 1. The number of alkyl halides is 3. The first-order chi connectivity index (χ1) is 14.3. The number of hydrogen-bond donors (Lipinski definition) is 1. The van der Waals surface area contributed by atoms with Gasteiger partial charge in [0.15, 0.2) is 11.5 Å². The molecule has 0 radical (unpaired) electrons. The molecule has 7 nitrogen and oxygen atoms in total. The van der Waals surface area contributed by atoms with Crippen LogP contribution in [0.3, 0.4) is 0 Å². The summed E-state index contributed by atoms with van der Waals surface area (Å²) in [4.78, 5) is 16.4. The van der Waals surface area contributed by atoms with Crippen molar-refractivity contribution in [2.75, 3.05) is 51.8 Å². The number of halogens is 3. The minimum absolute atomic E-state index is 0.175. The molecule has 0 aliphatic carbocycles.